The van der Waals surface area contributed by atoms with Gasteiger partial charge in [0.1, 0.15) is 5.69 Å². The number of esters is 1. The molecule has 0 unspecified atom stereocenters. The number of nitrogens with zero attached hydrogens (tertiary/aromatic N) is 1. The Morgan fingerprint density at radius 2 is 1.93 bits per heavy atom. The van der Waals surface area contributed by atoms with Crippen LogP contribution >= 0.6 is 0 Å². The second-order valence-electron chi connectivity index (χ2n) is 2.80. The van der Waals surface area contributed by atoms with Gasteiger partial charge in [0.2, 0.25) is 0 Å². The first-order valence-electron chi connectivity index (χ1n) is 4.24. The Morgan fingerprint density at radius 1 is 1.27 bits per heavy atom. The highest BCUT2D eigenvalue weighted by Crippen LogP contribution is 2.17. The van der Waals surface area contributed by atoms with Crippen LogP contribution in [-0.4, -0.2) is 31.0 Å². The third kappa shape index (κ3) is 2.31. The smallest absolute Gasteiger partial charge is 0.360 e. The van der Waals surface area contributed by atoms with E-state index in [1.54, 1.807) is 0 Å². The van der Waals surface area contributed by atoms with Gasteiger partial charge in [0.05, 0.1) is 14.2 Å². The molecule has 0 aliphatic rings. The predicted octanol–water partition coefficient (Wildman–Crippen LogP) is 1.08. The maximum Gasteiger partial charge on any atom is 0.360 e. The second kappa shape index (κ2) is 4.54. The monoisotopic (exact) mass is 209 g/mol. The molecule has 0 amide bonds. The van der Waals surface area contributed by atoms with Crippen LogP contribution in [0.5, 0.6) is 5.75 Å². The molecule has 0 aromatic carbocycles. The highest BCUT2D eigenvalue weighted by molar-refractivity contribution is 5.95. The zero-order valence-corrected chi connectivity index (χ0v) is 8.73. The summed E-state index contributed by atoms with van der Waals surface area (Å²) in [6.07, 6.45) is 0. The number of ketones is 1. The van der Waals surface area contributed by atoms with Crippen LogP contribution in [0.25, 0.3) is 0 Å². The number of hydrogen-bond donors (Lipinski definition) is 0. The van der Waals surface area contributed by atoms with Crippen molar-refractivity contribution in [1.29, 1.82) is 0 Å². The zero-order chi connectivity index (χ0) is 11.4. The minimum atomic E-state index is -0.630. The Kier molecular flexibility index (Phi) is 3.38. The number of hydrogen-bond acceptors (Lipinski definition) is 5. The lowest BCUT2D eigenvalue weighted by molar-refractivity contribution is 0.0590. The maximum absolute atomic E-state index is 11.3. The fourth-order valence-electron chi connectivity index (χ4n) is 1.05. The zero-order valence-electron chi connectivity index (χ0n) is 8.73. The summed E-state index contributed by atoms with van der Waals surface area (Å²) in [7, 11) is 2.65. The third-order valence-corrected chi connectivity index (χ3v) is 1.82. The topological polar surface area (TPSA) is 65.5 Å². The van der Waals surface area contributed by atoms with E-state index in [1.807, 2.05) is 0 Å². The summed E-state index contributed by atoms with van der Waals surface area (Å²) in [5.41, 5.74) is 0.212. The number of pyridine rings is 1. The molecule has 5 heteroatoms. The average Bonchev–Trinajstić information content (AvgIpc) is 2.27. The number of aromatic nitrogens is 1. The minimum Gasteiger partial charge on any atom is -0.494 e. The van der Waals surface area contributed by atoms with Gasteiger partial charge in [-0.3, -0.25) is 4.79 Å². The van der Waals surface area contributed by atoms with Crippen LogP contribution < -0.4 is 4.74 Å². The van der Waals surface area contributed by atoms with E-state index < -0.39 is 5.97 Å². The summed E-state index contributed by atoms with van der Waals surface area (Å²) in [4.78, 5) is 26.2. The maximum atomic E-state index is 11.3. The lowest BCUT2D eigenvalue weighted by Gasteiger charge is -2.06. The molecule has 0 bridgehead atoms. The third-order valence-electron chi connectivity index (χ3n) is 1.82. The van der Waals surface area contributed by atoms with Gasteiger partial charge in [-0.2, -0.15) is 0 Å². The first kappa shape index (κ1) is 11.2. The Morgan fingerprint density at radius 3 is 2.40 bits per heavy atom. The standard InChI is InChI=1S/C10H11NO4/c1-6(12)7-4-5-8(14-2)9(11-7)10(13)15-3/h4-5H,1-3H3. The highest BCUT2D eigenvalue weighted by Gasteiger charge is 2.16. The lowest BCUT2D eigenvalue weighted by atomic mass is 10.2. The number of methoxy groups -OCH3 is 2. The van der Waals surface area contributed by atoms with Crippen molar-refractivity contribution in [2.24, 2.45) is 0 Å². The van der Waals surface area contributed by atoms with E-state index in [-0.39, 0.29) is 22.9 Å². The predicted molar refractivity (Wildman–Crippen MR) is 52.1 cm³/mol. The molecule has 0 spiro atoms. The summed E-state index contributed by atoms with van der Waals surface area (Å²) in [5, 5.41) is 0. The van der Waals surface area contributed by atoms with Crippen LogP contribution in [0.2, 0.25) is 0 Å². The van der Waals surface area contributed by atoms with Crippen molar-refractivity contribution in [2.45, 2.75) is 6.92 Å². The Bertz CT molecular complexity index is 400. The van der Waals surface area contributed by atoms with Gasteiger partial charge in [-0.1, -0.05) is 0 Å². The van der Waals surface area contributed by atoms with Gasteiger partial charge in [0.25, 0.3) is 0 Å². The van der Waals surface area contributed by atoms with E-state index in [0.29, 0.717) is 0 Å². The quantitative estimate of drug-likeness (QED) is 0.550. The van der Waals surface area contributed by atoms with Crippen molar-refractivity contribution in [1.82, 2.24) is 4.98 Å². The molecule has 0 N–H and O–H groups in total. The molecule has 1 aromatic rings. The Balaban J connectivity index is 3.25. The van der Waals surface area contributed by atoms with E-state index in [1.165, 1.54) is 33.3 Å². The van der Waals surface area contributed by atoms with Crippen molar-refractivity contribution in [3.63, 3.8) is 0 Å². The molecule has 0 aliphatic carbocycles. The van der Waals surface area contributed by atoms with Crippen LogP contribution in [-0.2, 0) is 4.74 Å². The fraction of sp³-hybridized carbons (Fsp3) is 0.300. The summed E-state index contributed by atoms with van der Waals surface area (Å²) < 4.78 is 9.45. The van der Waals surface area contributed by atoms with Crippen LogP contribution in [0.4, 0.5) is 0 Å². The average molecular weight is 209 g/mol. The van der Waals surface area contributed by atoms with Gasteiger partial charge >= 0.3 is 5.97 Å². The number of carbonyl (C=O) groups excluding carboxylic acids is 2. The lowest BCUT2D eigenvalue weighted by Crippen LogP contribution is -2.10. The van der Waals surface area contributed by atoms with E-state index in [9.17, 15) is 9.59 Å². The molecule has 0 fully saturated rings. The molecule has 1 rings (SSSR count). The van der Waals surface area contributed by atoms with Crippen molar-refractivity contribution in [3.05, 3.63) is 23.5 Å². The first-order chi connectivity index (χ1) is 7.10. The summed E-state index contributed by atoms with van der Waals surface area (Å²) in [5.74, 6) is -0.565. The molecule has 0 atom stereocenters. The summed E-state index contributed by atoms with van der Waals surface area (Å²) in [6.45, 7) is 1.37. The largest absolute Gasteiger partial charge is 0.494 e. The molecule has 15 heavy (non-hydrogen) atoms. The molecule has 80 valence electrons. The molecule has 1 heterocycles. The molecular formula is C10H11NO4. The van der Waals surface area contributed by atoms with E-state index in [0.717, 1.165) is 0 Å². The summed E-state index contributed by atoms with van der Waals surface area (Å²) >= 11 is 0. The van der Waals surface area contributed by atoms with Gasteiger partial charge in [-0.15, -0.1) is 0 Å². The number of rotatable bonds is 3. The SMILES string of the molecule is COC(=O)c1nc(C(C)=O)ccc1OC. The normalized spacial score (nSPS) is 9.53. The molecule has 0 radical (unpaired) electrons. The van der Waals surface area contributed by atoms with Crippen molar-refractivity contribution in [2.75, 3.05) is 14.2 Å². The van der Waals surface area contributed by atoms with Gasteiger partial charge in [0, 0.05) is 6.92 Å². The van der Waals surface area contributed by atoms with Crippen molar-refractivity contribution < 1.29 is 19.1 Å². The Hall–Kier alpha value is -1.91. The fourth-order valence-corrected chi connectivity index (χ4v) is 1.05. The van der Waals surface area contributed by atoms with Crippen molar-refractivity contribution in [3.8, 4) is 5.75 Å². The van der Waals surface area contributed by atoms with Gasteiger partial charge in [-0.25, -0.2) is 9.78 Å². The van der Waals surface area contributed by atoms with Crippen LogP contribution in [0.15, 0.2) is 12.1 Å². The molecular weight excluding hydrogens is 198 g/mol. The number of carbonyl (C=O) groups is 2. The number of Topliss-reactive ketones (excluding diaryl/α,β-unsaturated/α-hetero) is 1. The van der Waals surface area contributed by atoms with E-state index in [4.69, 9.17) is 4.74 Å². The highest BCUT2D eigenvalue weighted by atomic mass is 16.5. The molecule has 5 nitrogen and oxygen atoms in total. The van der Waals surface area contributed by atoms with Gasteiger partial charge < -0.3 is 9.47 Å². The molecule has 0 aliphatic heterocycles. The molecule has 0 saturated heterocycles. The Labute approximate surface area is 87.0 Å². The van der Waals surface area contributed by atoms with E-state index in [2.05, 4.69) is 9.72 Å². The van der Waals surface area contributed by atoms with Crippen LogP contribution in [0.3, 0.4) is 0 Å². The van der Waals surface area contributed by atoms with Crippen molar-refractivity contribution >= 4 is 11.8 Å². The summed E-state index contributed by atoms with van der Waals surface area (Å²) in [6, 6.07) is 3.00. The van der Waals surface area contributed by atoms with Crippen LogP contribution in [0, 0.1) is 0 Å². The van der Waals surface area contributed by atoms with Gasteiger partial charge in [0.15, 0.2) is 17.2 Å². The van der Waals surface area contributed by atoms with Crippen LogP contribution in [0.1, 0.15) is 27.9 Å². The second-order valence-corrected chi connectivity index (χ2v) is 2.80. The molecule has 1 aromatic heterocycles. The number of ether oxygens (including phenoxy) is 2. The molecule has 0 saturated carbocycles. The van der Waals surface area contributed by atoms with Gasteiger partial charge in [-0.05, 0) is 12.1 Å². The minimum absolute atomic E-state index is 0.00713. The van der Waals surface area contributed by atoms with E-state index >= 15 is 0 Å². The first-order valence-corrected chi connectivity index (χ1v) is 4.24.